The molecule has 1 aliphatic rings. The normalized spacial score (nSPS) is 21.4. The third-order valence-corrected chi connectivity index (χ3v) is 4.39. The Bertz CT molecular complexity index is 456. The number of nitrogens with two attached hydrogens (primary N) is 1. The number of carbonyl (C=O) groups is 1. The van der Waals surface area contributed by atoms with Crippen LogP contribution in [0.15, 0.2) is 24.3 Å². The molecule has 19 heavy (non-hydrogen) atoms. The first-order valence-electron chi connectivity index (χ1n) is 7.09. The maximum Gasteiger partial charge on any atom is 0.226 e. The summed E-state index contributed by atoms with van der Waals surface area (Å²) in [5.74, 6) is 0.0570. The maximum absolute atomic E-state index is 12.3. The second-order valence-electron chi connectivity index (χ2n) is 5.76. The van der Waals surface area contributed by atoms with E-state index in [2.05, 4.69) is 24.3 Å². The van der Waals surface area contributed by atoms with Gasteiger partial charge in [0.05, 0.1) is 5.92 Å². The Balaban J connectivity index is 2.06. The van der Waals surface area contributed by atoms with Gasteiger partial charge in [-0.3, -0.25) is 4.79 Å². The number of carbonyl (C=O) groups excluding carboxylic acids is 1. The zero-order chi connectivity index (χ0) is 14.0. The number of aryl methyl sites for hydroxylation is 1. The van der Waals surface area contributed by atoms with E-state index in [-0.39, 0.29) is 17.9 Å². The molecule has 2 N–H and O–H groups in total. The van der Waals surface area contributed by atoms with Crippen LogP contribution in [0.1, 0.15) is 31.4 Å². The molecular formula is C16H24N2O. The van der Waals surface area contributed by atoms with Crippen LogP contribution in [-0.4, -0.2) is 29.9 Å². The molecule has 3 unspecified atom stereocenters. The van der Waals surface area contributed by atoms with E-state index in [0.717, 1.165) is 19.3 Å². The predicted molar refractivity (Wildman–Crippen MR) is 77.8 cm³/mol. The molecule has 0 aromatic heterocycles. The Labute approximate surface area is 115 Å². The van der Waals surface area contributed by atoms with Crippen molar-refractivity contribution in [3.05, 3.63) is 35.4 Å². The molecule has 104 valence electrons. The Hall–Kier alpha value is -1.35. The van der Waals surface area contributed by atoms with Crippen LogP contribution in [0.2, 0.25) is 0 Å². The van der Waals surface area contributed by atoms with Gasteiger partial charge in [0.1, 0.15) is 0 Å². The van der Waals surface area contributed by atoms with E-state index >= 15 is 0 Å². The molecule has 0 spiro atoms. The summed E-state index contributed by atoms with van der Waals surface area (Å²) in [6.07, 6.45) is 3.07. The highest BCUT2D eigenvalue weighted by molar-refractivity contribution is 5.79. The van der Waals surface area contributed by atoms with Crippen LogP contribution in [0.4, 0.5) is 0 Å². The summed E-state index contributed by atoms with van der Waals surface area (Å²) < 4.78 is 0. The summed E-state index contributed by atoms with van der Waals surface area (Å²) in [6, 6.07) is 8.75. The van der Waals surface area contributed by atoms with E-state index in [9.17, 15) is 4.79 Å². The third-order valence-electron chi connectivity index (χ3n) is 4.39. The van der Waals surface area contributed by atoms with Gasteiger partial charge < -0.3 is 10.6 Å². The van der Waals surface area contributed by atoms with Gasteiger partial charge in [0.2, 0.25) is 5.91 Å². The van der Waals surface area contributed by atoms with Crippen LogP contribution in [0.25, 0.3) is 0 Å². The number of hydrogen-bond acceptors (Lipinski definition) is 2. The molecule has 3 atom stereocenters. The lowest BCUT2D eigenvalue weighted by Gasteiger charge is -2.34. The quantitative estimate of drug-likeness (QED) is 0.903. The topological polar surface area (TPSA) is 46.3 Å². The van der Waals surface area contributed by atoms with Crippen molar-refractivity contribution < 1.29 is 4.79 Å². The summed E-state index contributed by atoms with van der Waals surface area (Å²) in [7, 11) is 1.92. The van der Waals surface area contributed by atoms with Crippen LogP contribution in [-0.2, 0) is 17.6 Å². The lowest BCUT2D eigenvalue weighted by atomic mass is 9.87. The summed E-state index contributed by atoms with van der Waals surface area (Å²) >= 11 is 0. The number of likely N-dealkylation sites (N-methyl/N-ethyl adjacent to an activating group) is 1. The molecule has 1 aromatic carbocycles. The number of nitrogens with zero attached hydrogens (tertiary/aromatic N) is 1. The predicted octanol–water partition coefficient (Wildman–Crippen LogP) is 1.99. The largest absolute Gasteiger partial charge is 0.342 e. The van der Waals surface area contributed by atoms with E-state index in [1.54, 1.807) is 0 Å². The maximum atomic E-state index is 12.3. The van der Waals surface area contributed by atoms with Crippen molar-refractivity contribution in [2.75, 3.05) is 7.05 Å². The fourth-order valence-electron chi connectivity index (χ4n) is 2.74. The lowest BCUT2D eigenvalue weighted by molar-refractivity contribution is -0.136. The molecule has 1 aliphatic carbocycles. The fourth-order valence-corrected chi connectivity index (χ4v) is 2.74. The molecule has 0 heterocycles. The lowest BCUT2D eigenvalue weighted by Crippen LogP contribution is -2.46. The highest BCUT2D eigenvalue weighted by Gasteiger charge is 2.28. The average Bonchev–Trinajstić information content (AvgIpc) is 2.44. The number of fused-ring (bicyclic) bond motifs is 1. The fraction of sp³-hybridized carbons (Fsp3) is 0.562. The molecule has 0 saturated carbocycles. The Morgan fingerprint density at radius 2 is 1.95 bits per heavy atom. The molecule has 3 nitrogen and oxygen atoms in total. The van der Waals surface area contributed by atoms with Crippen molar-refractivity contribution in [2.45, 2.75) is 45.2 Å². The van der Waals surface area contributed by atoms with E-state index in [4.69, 9.17) is 5.73 Å². The molecule has 1 aromatic rings. The Kier molecular flexibility index (Phi) is 4.25. The van der Waals surface area contributed by atoms with Gasteiger partial charge in [0.25, 0.3) is 0 Å². The SMILES string of the molecule is CC(N)C(C)C(=O)N(C)C1CCc2ccccc2C1. The van der Waals surface area contributed by atoms with Crippen molar-refractivity contribution >= 4 is 5.91 Å². The van der Waals surface area contributed by atoms with Crippen molar-refractivity contribution in [3.8, 4) is 0 Å². The third kappa shape index (κ3) is 2.98. The van der Waals surface area contributed by atoms with Gasteiger partial charge in [-0.25, -0.2) is 0 Å². The Morgan fingerprint density at radius 3 is 2.58 bits per heavy atom. The first-order chi connectivity index (χ1) is 9.00. The minimum Gasteiger partial charge on any atom is -0.342 e. The Morgan fingerprint density at radius 1 is 1.32 bits per heavy atom. The number of rotatable bonds is 3. The smallest absolute Gasteiger partial charge is 0.226 e. The zero-order valence-electron chi connectivity index (χ0n) is 12.1. The molecule has 0 radical (unpaired) electrons. The molecular weight excluding hydrogens is 236 g/mol. The van der Waals surface area contributed by atoms with Gasteiger partial charge in [-0.1, -0.05) is 31.2 Å². The van der Waals surface area contributed by atoms with E-state index in [1.807, 2.05) is 25.8 Å². The van der Waals surface area contributed by atoms with Gasteiger partial charge in [0, 0.05) is 19.1 Å². The van der Waals surface area contributed by atoms with E-state index in [0.29, 0.717) is 6.04 Å². The summed E-state index contributed by atoms with van der Waals surface area (Å²) in [5.41, 5.74) is 8.64. The van der Waals surface area contributed by atoms with Gasteiger partial charge in [-0.05, 0) is 37.3 Å². The van der Waals surface area contributed by atoms with Gasteiger partial charge in [0.15, 0.2) is 0 Å². The van der Waals surface area contributed by atoms with Crippen LogP contribution in [0, 0.1) is 5.92 Å². The van der Waals surface area contributed by atoms with Crippen molar-refractivity contribution in [2.24, 2.45) is 11.7 Å². The zero-order valence-corrected chi connectivity index (χ0v) is 12.1. The van der Waals surface area contributed by atoms with Gasteiger partial charge >= 0.3 is 0 Å². The molecule has 1 amide bonds. The average molecular weight is 260 g/mol. The number of amides is 1. The minimum absolute atomic E-state index is 0.0918. The van der Waals surface area contributed by atoms with E-state index < -0.39 is 0 Å². The molecule has 3 heteroatoms. The molecule has 0 bridgehead atoms. The van der Waals surface area contributed by atoms with Crippen LogP contribution < -0.4 is 5.73 Å². The van der Waals surface area contributed by atoms with Crippen LogP contribution in [0.5, 0.6) is 0 Å². The first kappa shape index (κ1) is 14.1. The highest BCUT2D eigenvalue weighted by Crippen LogP contribution is 2.24. The van der Waals surface area contributed by atoms with Crippen molar-refractivity contribution in [1.29, 1.82) is 0 Å². The van der Waals surface area contributed by atoms with E-state index in [1.165, 1.54) is 11.1 Å². The van der Waals surface area contributed by atoms with Crippen molar-refractivity contribution in [3.63, 3.8) is 0 Å². The number of benzene rings is 1. The monoisotopic (exact) mass is 260 g/mol. The van der Waals surface area contributed by atoms with Gasteiger partial charge in [-0.15, -0.1) is 0 Å². The second kappa shape index (κ2) is 5.74. The van der Waals surface area contributed by atoms with Crippen molar-refractivity contribution in [1.82, 2.24) is 4.90 Å². The minimum atomic E-state index is -0.109. The number of hydrogen-bond donors (Lipinski definition) is 1. The highest BCUT2D eigenvalue weighted by atomic mass is 16.2. The van der Waals surface area contributed by atoms with Crippen LogP contribution >= 0.6 is 0 Å². The molecule has 0 fully saturated rings. The summed E-state index contributed by atoms with van der Waals surface area (Å²) in [4.78, 5) is 14.2. The second-order valence-corrected chi connectivity index (χ2v) is 5.76. The van der Waals surface area contributed by atoms with Gasteiger partial charge in [-0.2, -0.15) is 0 Å². The van der Waals surface area contributed by atoms with Crippen LogP contribution in [0.3, 0.4) is 0 Å². The standard InChI is InChI=1S/C16H24N2O/c1-11(12(2)17)16(19)18(3)15-9-8-13-6-4-5-7-14(13)10-15/h4-7,11-12,15H,8-10,17H2,1-3H3. The molecule has 0 saturated heterocycles. The molecule has 2 rings (SSSR count). The summed E-state index contributed by atoms with van der Waals surface area (Å²) in [5, 5.41) is 0. The first-order valence-corrected chi connectivity index (χ1v) is 7.09. The molecule has 0 aliphatic heterocycles. The summed E-state index contributed by atoms with van der Waals surface area (Å²) in [6.45, 7) is 3.81.